The minimum Gasteiger partial charge on any atom is -0.378 e. The number of aryl methyl sites for hydroxylation is 1. The van der Waals surface area contributed by atoms with Gasteiger partial charge in [0.2, 0.25) is 0 Å². The molecule has 1 atom stereocenters. The highest BCUT2D eigenvalue weighted by Gasteiger charge is 2.27. The zero-order chi connectivity index (χ0) is 21.9. The van der Waals surface area contributed by atoms with Gasteiger partial charge in [0.25, 0.3) is 5.91 Å². The number of benzene rings is 1. The number of nitrogens with one attached hydrogen (secondary N) is 1. The molecular weight excluding hydrogens is 402 g/mol. The maximum Gasteiger partial charge on any atom is 0.274 e. The Hall–Kier alpha value is -2.74. The first-order valence-electron chi connectivity index (χ1n) is 11.5. The standard InChI is InChI=1S/C25H31N5O2/c1-19-6-5-10-30-22(23(27-24(19)30)25(31)29-12-14-32-15-13-29)16-26-21-9-11-28(18-21)17-20-7-3-2-4-8-20/h2-8,10,21,26H,9,11-18H2,1H3. The summed E-state index contributed by atoms with van der Waals surface area (Å²) in [6, 6.07) is 15.1. The molecule has 5 rings (SSSR count). The van der Waals surface area contributed by atoms with E-state index >= 15 is 0 Å². The fourth-order valence-corrected chi connectivity index (χ4v) is 4.73. The highest BCUT2D eigenvalue weighted by atomic mass is 16.5. The van der Waals surface area contributed by atoms with Gasteiger partial charge in [0.05, 0.1) is 18.9 Å². The molecule has 2 aromatic heterocycles. The molecule has 2 aliphatic rings. The number of ether oxygens (including phenoxy) is 1. The van der Waals surface area contributed by atoms with Crippen LogP contribution >= 0.6 is 0 Å². The normalized spacial score (nSPS) is 19.7. The Balaban J connectivity index is 1.31. The van der Waals surface area contributed by atoms with Gasteiger partial charge in [-0.3, -0.25) is 9.69 Å². The molecule has 2 saturated heterocycles. The van der Waals surface area contributed by atoms with Gasteiger partial charge in [-0.2, -0.15) is 0 Å². The molecule has 0 saturated carbocycles. The summed E-state index contributed by atoms with van der Waals surface area (Å²) >= 11 is 0. The van der Waals surface area contributed by atoms with Crippen molar-refractivity contribution in [3.8, 4) is 0 Å². The van der Waals surface area contributed by atoms with Crippen molar-refractivity contribution in [3.63, 3.8) is 0 Å². The van der Waals surface area contributed by atoms with Gasteiger partial charge in [0.1, 0.15) is 5.65 Å². The maximum atomic E-state index is 13.3. The van der Waals surface area contributed by atoms with Gasteiger partial charge in [0, 0.05) is 51.5 Å². The highest BCUT2D eigenvalue weighted by Crippen LogP contribution is 2.20. The fourth-order valence-electron chi connectivity index (χ4n) is 4.73. The molecule has 0 radical (unpaired) electrons. The van der Waals surface area contributed by atoms with E-state index in [1.165, 1.54) is 5.56 Å². The molecule has 1 unspecified atom stereocenters. The number of nitrogens with zero attached hydrogens (tertiary/aromatic N) is 4. The first-order valence-corrected chi connectivity index (χ1v) is 11.5. The number of morpholine rings is 1. The number of pyridine rings is 1. The van der Waals surface area contributed by atoms with E-state index in [0.29, 0.717) is 44.6 Å². The summed E-state index contributed by atoms with van der Waals surface area (Å²) in [5.41, 5.74) is 4.79. The summed E-state index contributed by atoms with van der Waals surface area (Å²) in [6.45, 7) is 8.16. The third-order valence-corrected chi connectivity index (χ3v) is 6.52. The number of carbonyl (C=O) groups is 1. The third kappa shape index (κ3) is 4.41. The molecule has 1 amide bonds. The molecule has 0 bridgehead atoms. The summed E-state index contributed by atoms with van der Waals surface area (Å²) < 4.78 is 7.50. The van der Waals surface area contributed by atoms with E-state index in [1.54, 1.807) is 0 Å². The molecule has 7 nitrogen and oxygen atoms in total. The Morgan fingerprint density at radius 1 is 1.12 bits per heavy atom. The van der Waals surface area contributed by atoms with Crippen LogP contribution in [0.25, 0.3) is 5.65 Å². The number of likely N-dealkylation sites (tertiary alicyclic amines) is 1. The van der Waals surface area contributed by atoms with Crippen molar-refractivity contribution >= 4 is 11.6 Å². The number of rotatable bonds is 6. The van der Waals surface area contributed by atoms with Crippen molar-refractivity contribution in [2.45, 2.75) is 32.5 Å². The van der Waals surface area contributed by atoms with Crippen LogP contribution in [0.15, 0.2) is 48.7 Å². The second-order valence-corrected chi connectivity index (χ2v) is 8.78. The smallest absolute Gasteiger partial charge is 0.274 e. The van der Waals surface area contributed by atoms with E-state index in [9.17, 15) is 4.79 Å². The first kappa shape index (κ1) is 21.1. The monoisotopic (exact) mass is 433 g/mol. The van der Waals surface area contributed by atoms with Crippen molar-refractivity contribution < 1.29 is 9.53 Å². The van der Waals surface area contributed by atoms with Crippen LogP contribution in [0.2, 0.25) is 0 Å². The minimum atomic E-state index is 0.00493. The van der Waals surface area contributed by atoms with E-state index < -0.39 is 0 Å². The van der Waals surface area contributed by atoms with Gasteiger partial charge < -0.3 is 19.4 Å². The van der Waals surface area contributed by atoms with E-state index in [0.717, 1.165) is 43.0 Å². The number of hydrogen-bond donors (Lipinski definition) is 1. The average Bonchev–Trinajstić information content (AvgIpc) is 3.43. The molecule has 0 spiro atoms. The predicted molar refractivity (Wildman–Crippen MR) is 124 cm³/mol. The lowest BCUT2D eigenvalue weighted by Crippen LogP contribution is -2.41. The Labute approximate surface area is 189 Å². The predicted octanol–water partition coefficient (Wildman–Crippen LogP) is 2.48. The zero-order valence-electron chi connectivity index (χ0n) is 18.7. The molecule has 2 fully saturated rings. The van der Waals surface area contributed by atoms with E-state index in [-0.39, 0.29) is 5.91 Å². The summed E-state index contributed by atoms with van der Waals surface area (Å²) in [6.07, 6.45) is 3.12. The number of hydrogen-bond acceptors (Lipinski definition) is 5. The molecule has 168 valence electrons. The largest absolute Gasteiger partial charge is 0.378 e. The average molecular weight is 434 g/mol. The quantitative estimate of drug-likeness (QED) is 0.647. The van der Waals surface area contributed by atoms with Crippen LogP contribution in [-0.2, 0) is 17.8 Å². The topological polar surface area (TPSA) is 62.1 Å². The lowest BCUT2D eigenvalue weighted by molar-refractivity contribution is 0.0298. The third-order valence-electron chi connectivity index (χ3n) is 6.52. The van der Waals surface area contributed by atoms with Gasteiger partial charge >= 0.3 is 0 Å². The van der Waals surface area contributed by atoms with Crippen molar-refractivity contribution in [1.29, 1.82) is 0 Å². The minimum absolute atomic E-state index is 0.00493. The molecule has 0 aliphatic carbocycles. The van der Waals surface area contributed by atoms with Crippen LogP contribution < -0.4 is 5.32 Å². The van der Waals surface area contributed by atoms with Crippen LogP contribution in [0.1, 0.15) is 33.7 Å². The molecule has 3 aromatic rings. The summed E-state index contributed by atoms with van der Waals surface area (Å²) in [4.78, 5) is 22.4. The molecule has 2 aliphatic heterocycles. The lowest BCUT2D eigenvalue weighted by Gasteiger charge is -2.26. The fraction of sp³-hybridized carbons (Fsp3) is 0.440. The number of fused-ring (bicyclic) bond motifs is 1. The Bertz CT molecular complexity index is 1070. The summed E-state index contributed by atoms with van der Waals surface area (Å²) in [5, 5.41) is 3.71. The molecule has 1 N–H and O–H groups in total. The molecular formula is C25H31N5O2. The maximum absolute atomic E-state index is 13.3. The number of amides is 1. The Kier molecular flexibility index (Phi) is 6.21. The Morgan fingerprint density at radius 3 is 2.75 bits per heavy atom. The van der Waals surface area contributed by atoms with Gasteiger partial charge in [-0.05, 0) is 30.5 Å². The molecule has 4 heterocycles. The molecule has 7 heteroatoms. The Morgan fingerprint density at radius 2 is 1.94 bits per heavy atom. The van der Waals surface area contributed by atoms with Gasteiger partial charge in [-0.15, -0.1) is 0 Å². The highest BCUT2D eigenvalue weighted by molar-refractivity contribution is 5.94. The van der Waals surface area contributed by atoms with Crippen LogP contribution in [0.4, 0.5) is 0 Å². The van der Waals surface area contributed by atoms with Crippen molar-refractivity contribution in [1.82, 2.24) is 24.5 Å². The van der Waals surface area contributed by atoms with E-state index in [2.05, 4.69) is 44.9 Å². The summed E-state index contributed by atoms with van der Waals surface area (Å²) in [7, 11) is 0. The summed E-state index contributed by atoms with van der Waals surface area (Å²) in [5.74, 6) is 0.00493. The number of imidazole rings is 1. The van der Waals surface area contributed by atoms with E-state index in [1.807, 2.05) is 30.2 Å². The van der Waals surface area contributed by atoms with Gasteiger partial charge in [-0.25, -0.2) is 4.98 Å². The van der Waals surface area contributed by atoms with Crippen LogP contribution in [0.5, 0.6) is 0 Å². The van der Waals surface area contributed by atoms with Crippen LogP contribution in [0.3, 0.4) is 0 Å². The lowest BCUT2D eigenvalue weighted by atomic mass is 10.2. The van der Waals surface area contributed by atoms with Crippen LogP contribution in [0, 0.1) is 6.92 Å². The SMILES string of the molecule is Cc1cccn2c(CNC3CCN(Cc4ccccc4)C3)c(C(=O)N3CCOCC3)nc12. The van der Waals surface area contributed by atoms with Gasteiger partial charge in [-0.1, -0.05) is 36.4 Å². The van der Waals surface area contributed by atoms with Crippen LogP contribution in [-0.4, -0.2) is 70.5 Å². The second-order valence-electron chi connectivity index (χ2n) is 8.78. The van der Waals surface area contributed by atoms with Crippen molar-refractivity contribution in [2.75, 3.05) is 39.4 Å². The number of carbonyl (C=O) groups excluding carboxylic acids is 1. The van der Waals surface area contributed by atoms with Crippen molar-refractivity contribution in [2.24, 2.45) is 0 Å². The van der Waals surface area contributed by atoms with E-state index in [4.69, 9.17) is 9.72 Å². The van der Waals surface area contributed by atoms with Gasteiger partial charge in [0.15, 0.2) is 5.69 Å². The molecule has 1 aromatic carbocycles. The number of aromatic nitrogens is 2. The van der Waals surface area contributed by atoms with Crippen molar-refractivity contribution in [3.05, 3.63) is 71.2 Å². The zero-order valence-corrected chi connectivity index (χ0v) is 18.7. The second kappa shape index (κ2) is 9.40. The molecule has 32 heavy (non-hydrogen) atoms. The first-order chi connectivity index (χ1) is 15.7.